The fourth-order valence-electron chi connectivity index (χ4n) is 1.07. The number of nitrogens with two attached hydrogens (primary N) is 1. The van der Waals surface area contributed by atoms with Crippen molar-refractivity contribution in [3.63, 3.8) is 0 Å². The standard InChI is InChI=1S/C10H14F2N2O.ClH/c1-7-3-8(4-13)14-5-9(7)15-6-10(2,11)12;/h3,5H,4,6,13H2,1-2H3;1H. The Hall–Kier alpha value is -0.940. The third-order valence-electron chi connectivity index (χ3n) is 1.81. The molecule has 2 N–H and O–H groups in total. The van der Waals surface area contributed by atoms with Crippen molar-refractivity contribution < 1.29 is 13.5 Å². The van der Waals surface area contributed by atoms with E-state index < -0.39 is 12.5 Å². The van der Waals surface area contributed by atoms with Crippen LogP contribution in [0, 0.1) is 6.92 Å². The van der Waals surface area contributed by atoms with Crippen LogP contribution in [0.25, 0.3) is 0 Å². The van der Waals surface area contributed by atoms with Crippen LogP contribution in [0.15, 0.2) is 12.3 Å². The molecule has 0 aliphatic carbocycles. The molecule has 0 fully saturated rings. The van der Waals surface area contributed by atoms with Crippen molar-refractivity contribution in [2.45, 2.75) is 26.3 Å². The summed E-state index contributed by atoms with van der Waals surface area (Å²) in [6.45, 7) is 2.26. The third kappa shape index (κ3) is 4.72. The summed E-state index contributed by atoms with van der Waals surface area (Å²) in [5.74, 6) is -2.47. The summed E-state index contributed by atoms with van der Waals surface area (Å²) in [5, 5.41) is 0. The van der Waals surface area contributed by atoms with Gasteiger partial charge in [-0.1, -0.05) is 0 Å². The van der Waals surface area contributed by atoms with Gasteiger partial charge in [0.1, 0.15) is 5.75 Å². The Morgan fingerprint density at radius 2 is 2.12 bits per heavy atom. The van der Waals surface area contributed by atoms with E-state index in [2.05, 4.69) is 4.98 Å². The predicted molar refractivity (Wildman–Crippen MR) is 60.2 cm³/mol. The van der Waals surface area contributed by atoms with Crippen molar-refractivity contribution in [1.82, 2.24) is 4.98 Å². The van der Waals surface area contributed by atoms with Crippen LogP contribution < -0.4 is 10.5 Å². The SMILES string of the molecule is Cc1cc(CN)ncc1OCC(C)(F)F.Cl. The molecular formula is C10H15ClF2N2O. The van der Waals surface area contributed by atoms with Crippen LogP contribution >= 0.6 is 12.4 Å². The van der Waals surface area contributed by atoms with Crippen LogP contribution in [0.5, 0.6) is 5.75 Å². The van der Waals surface area contributed by atoms with Gasteiger partial charge in [0.05, 0.1) is 11.9 Å². The fraction of sp³-hybridized carbons (Fsp3) is 0.500. The minimum absolute atomic E-state index is 0. The van der Waals surface area contributed by atoms with Crippen molar-refractivity contribution in [3.8, 4) is 5.75 Å². The van der Waals surface area contributed by atoms with Crippen LogP contribution in [-0.2, 0) is 6.54 Å². The predicted octanol–water partition coefficient (Wildman–Crippen LogP) is 2.30. The second kappa shape index (κ2) is 5.96. The zero-order chi connectivity index (χ0) is 11.5. The fourth-order valence-corrected chi connectivity index (χ4v) is 1.07. The van der Waals surface area contributed by atoms with Gasteiger partial charge in [0.15, 0.2) is 6.61 Å². The highest BCUT2D eigenvalue weighted by atomic mass is 35.5. The van der Waals surface area contributed by atoms with Gasteiger partial charge in [0, 0.05) is 13.5 Å². The van der Waals surface area contributed by atoms with Crippen molar-refractivity contribution in [2.24, 2.45) is 5.73 Å². The molecule has 0 bridgehead atoms. The molecule has 0 aliphatic rings. The van der Waals surface area contributed by atoms with Gasteiger partial charge in [0.25, 0.3) is 5.92 Å². The van der Waals surface area contributed by atoms with E-state index in [4.69, 9.17) is 10.5 Å². The Labute approximate surface area is 99.4 Å². The molecule has 1 heterocycles. The van der Waals surface area contributed by atoms with Gasteiger partial charge < -0.3 is 10.5 Å². The molecule has 0 aliphatic heterocycles. The van der Waals surface area contributed by atoms with Gasteiger partial charge in [-0.15, -0.1) is 12.4 Å². The molecule has 0 unspecified atom stereocenters. The number of alkyl halides is 2. The summed E-state index contributed by atoms with van der Waals surface area (Å²) < 4.78 is 30.0. The Bertz CT molecular complexity index is 342. The average molecular weight is 253 g/mol. The average Bonchev–Trinajstić information content (AvgIpc) is 2.14. The van der Waals surface area contributed by atoms with Gasteiger partial charge in [0.2, 0.25) is 0 Å². The number of nitrogens with zero attached hydrogens (tertiary/aromatic N) is 1. The lowest BCUT2D eigenvalue weighted by Crippen LogP contribution is -2.21. The molecule has 0 spiro atoms. The summed E-state index contributed by atoms with van der Waals surface area (Å²) in [7, 11) is 0. The second-order valence-corrected chi connectivity index (χ2v) is 3.50. The van der Waals surface area contributed by atoms with Gasteiger partial charge in [-0.25, -0.2) is 8.78 Å². The zero-order valence-corrected chi connectivity index (χ0v) is 9.98. The number of hydrogen-bond acceptors (Lipinski definition) is 3. The Morgan fingerprint density at radius 3 is 2.56 bits per heavy atom. The Morgan fingerprint density at radius 1 is 1.50 bits per heavy atom. The molecule has 0 atom stereocenters. The number of pyridine rings is 1. The smallest absolute Gasteiger partial charge is 0.278 e. The molecule has 1 rings (SSSR count). The molecule has 0 saturated carbocycles. The largest absolute Gasteiger partial charge is 0.485 e. The van der Waals surface area contributed by atoms with Gasteiger partial charge in [-0.3, -0.25) is 4.98 Å². The van der Waals surface area contributed by atoms with E-state index in [9.17, 15) is 8.78 Å². The molecule has 1 aromatic heterocycles. The second-order valence-electron chi connectivity index (χ2n) is 3.50. The first-order chi connectivity index (χ1) is 6.92. The number of rotatable bonds is 4. The first-order valence-electron chi connectivity index (χ1n) is 4.58. The lowest BCUT2D eigenvalue weighted by Gasteiger charge is -2.13. The lowest BCUT2D eigenvalue weighted by molar-refractivity contribution is -0.0232. The molecule has 0 aromatic carbocycles. The molecule has 16 heavy (non-hydrogen) atoms. The summed E-state index contributed by atoms with van der Waals surface area (Å²) in [6.07, 6.45) is 1.42. The maximum atomic E-state index is 12.5. The number of aromatic nitrogens is 1. The van der Waals surface area contributed by atoms with Crippen molar-refractivity contribution in [1.29, 1.82) is 0 Å². The van der Waals surface area contributed by atoms with Gasteiger partial charge >= 0.3 is 0 Å². The quantitative estimate of drug-likeness (QED) is 0.895. The highest BCUT2D eigenvalue weighted by Crippen LogP contribution is 2.20. The van der Waals surface area contributed by atoms with Gasteiger partial charge in [-0.05, 0) is 18.6 Å². The summed E-state index contributed by atoms with van der Waals surface area (Å²) in [4.78, 5) is 3.96. The molecule has 3 nitrogen and oxygen atoms in total. The van der Waals surface area contributed by atoms with Crippen molar-refractivity contribution >= 4 is 12.4 Å². The highest BCUT2D eigenvalue weighted by Gasteiger charge is 2.22. The van der Waals surface area contributed by atoms with Crippen LogP contribution in [0.4, 0.5) is 8.78 Å². The number of hydrogen-bond donors (Lipinski definition) is 1. The monoisotopic (exact) mass is 252 g/mol. The van der Waals surface area contributed by atoms with Crippen LogP contribution in [0.1, 0.15) is 18.2 Å². The van der Waals surface area contributed by atoms with E-state index in [0.29, 0.717) is 18.0 Å². The van der Waals surface area contributed by atoms with Crippen LogP contribution in [0.3, 0.4) is 0 Å². The number of halogens is 3. The lowest BCUT2D eigenvalue weighted by atomic mass is 10.2. The highest BCUT2D eigenvalue weighted by molar-refractivity contribution is 5.85. The van der Waals surface area contributed by atoms with Gasteiger partial charge in [-0.2, -0.15) is 0 Å². The van der Waals surface area contributed by atoms with E-state index in [1.165, 1.54) is 6.20 Å². The summed E-state index contributed by atoms with van der Waals surface area (Å²) in [6, 6.07) is 1.73. The molecule has 6 heteroatoms. The van der Waals surface area contributed by atoms with Crippen LogP contribution in [-0.4, -0.2) is 17.5 Å². The molecule has 0 radical (unpaired) electrons. The van der Waals surface area contributed by atoms with Crippen molar-refractivity contribution in [3.05, 3.63) is 23.5 Å². The van der Waals surface area contributed by atoms with Crippen molar-refractivity contribution in [2.75, 3.05) is 6.61 Å². The first kappa shape index (κ1) is 15.1. The zero-order valence-electron chi connectivity index (χ0n) is 9.17. The normalized spacial score (nSPS) is 10.8. The molecule has 92 valence electrons. The summed E-state index contributed by atoms with van der Waals surface area (Å²) in [5.41, 5.74) is 6.86. The third-order valence-corrected chi connectivity index (χ3v) is 1.81. The number of ether oxygens (including phenoxy) is 1. The molecule has 0 saturated heterocycles. The van der Waals surface area contributed by atoms with Crippen LogP contribution in [0.2, 0.25) is 0 Å². The first-order valence-corrected chi connectivity index (χ1v) is 4.58. The minimum atomic E-state index is -2.83. The Balaban J connectivity index is 0.00000225. The Kier molecular flexibility index (Phi) is 5.61. The van der Waals surface area contributed by atoms with E-state index in [-0.39, 0.29) is 12.4 Å². The molecule has 1 aromatic rings. The summed E-state index contributed by atoms with van der Waals surface area (Å²) >= 11 is 0. The maximum absolute atomic E-state index is 12.5. The topological polar surface area (TPSA) is 48.1 Å². The maximum Gasteiger partial charge on any atom is 0.278 e. The molecule has 0 amide bonds. The number of aryl methyl sites for hydroxylation is 1. The minimum Gasteiger partial charge on any atom is -0.485 e. The van der Waals surface area contributed by atoms with E-state index in [1.54, 1.807) is 13.0 Å². The molecular weight excluding hydrogens is 238 g/mol. The van der Waals surface area contributed by atoms with E-state index in [0.717, 1.165) is 12.5 Å². The van der Waals surface area contributed by atoms with E-state index in [1.807, 2.05) is 0 Å². The van der Waals surface area contributed by atoms with E-state index >= 15 is 0 Å².